The van der Waals surface area contributed by atoms with E-state index in [-0.39, 0.29) is 87.8 Å². The fourth-order valence-corrected chi connectivity index (χ4v) is 0. The summed E-state index contributed by atoms with van der Waals surface area (Å²) in [6.45, 7) is 0. The smallest absolute Gasteiger partial charge is 0 e. The Morgan fingerprint density at radius 2 is 0.800 bits per heavy atom. The Morgan fingerprint density at radius 1 is 0.800 bits per heavy atom. The molecule has 0 unspecified atom stereocenters. The molecule has 5 heteroatoms. The van der Waals surface area contributed by atoms with Gasteiger partial charge in [-0.05, 0) is 0 Å². The zero-order valence-electron chi connectivity index (χ0n) is 1.51. The Bertz CT molecular complexity index is 9.61. The zero-order chi connectivity index (χ0) is 0. The average Bonchev–Trinajstić information content (AvgIpc) is 0. The minimum atomic E-state index is 0. The maximum absolute atomic E-state index is 0. The molecule has 0 amide bonds. The van der Waals surface area contributed by atoms with Crippen molar-refractivity contribution in [3.8, 4) is 0 Å². The van der Waals surface area contributed by atoms with E-state index in [9.17, 15) is 0 Å². The molecule has 2 radical (unpaired) electrons. The van der Waals surface area contributed by atoms with Crippen LogP contribution < -0.4 is 0 Å². The van der Waals surface area contributed by atoms with Gasteiger partial charge in [-0.15, -0.1) is 0 Å². The predicted octanol–water partition coefficient (Wildman–Crippen LogP) is -0.926. The molecule has 0 saturated carbocycles. The Hall–Kier alpha value is 2.62. The number of rotatable bonds is 0. The van der Waals surface area contributed by atoms with Gasteiger partial charge in [-0.2, -0.15) is 0 Å². The first-order valence-electron chi connectivity index (χ1n) is 0. The molecule has 0 bridgehead atoms. The molecular formula is H2BeCrCu2Zr. The van der Waals surface area contributed by atoms with Crippen molar-refractivity contribution >= 4 is 10.1 Å². The minimum absolute atomic E-state index is 0. The van der Waals surface area contributed by atoms with E-state index in [0.717, 1.165) is 0 Å². The van der Waals surface area contributed by atoms with Crippen molar-refractivity contribution in [2.24, 2.45) is 0 Å². The second-order valence-corrected chi connectivity index (χ2v) is 0. The van der Waals surface area contributed by atoms with Gasteiger partial charge < -0.3 is 0 Å². The van der Waals surface area contributed by atoms with Gasteiger partial charge >= 0.3 is 10.1 Å². The second-order valence-electron chi connectivity index (χ2n) is 0. The molecule has 0 N–H and O–H groups in total. The quantitative estimate of drug-likeness (QED) is 0.504. The van der Waals surface area contributed by atoms with Gasteiger partial charge in [-0.3, -0.25) is 0 Å². The Balaban J connectivity index is 0. The van der Waals surface area contributed by atoms with Crippen LogP contribution >= 0.6 is 0 Å². The first-order valence-corrected chi connectivity index (χ1v) is 0. The average molecular weight is 281 g/mol. The van der Waals surface area contributed by atoms with E-state index in [0.29, 0.717) is 0 Å². The standard InChI is InChI=1S/Be.Cr.2Cu.Zr.2H. The molecule has 0 atom stereocenters. The van der Waals surface area contributed by atoms with Gasteiger partial charge in [-0.25, -0.2) is 0 Å². The van der Waals surface area contributed by atoms with Gasteiger partial charge in [-0.1, -0.05) is 0 Å². The summed E-state index contributed by atoms with van der Waals surface area (Å²) in [4.78, 5) is 0. The fraction of sp³-hybridized carbons (Fsp3) is 0. The largest absolute Gasteiger partial charge is 0 e. The molecule has 5 heavy (non-hydrogen) atoms. The Kier molecular flexibility index (Phi) is 296. The van der Waals surface area contributed by atoms with Crippen LogP contribution in [0.2, 0.25) is 0 Å². The molecule has 36 valence electrons. The molecule has 0 spiro atoms. The van der Waals surface area contributed by atoms with Crippen LogP contribution in [0, 0.1) is 0 Å². The Labute approximate surface area is 86.6 Å². The summed E-state index contributed by atoms with van der Waals surface area (Å²) in [5, 5.41) is 0. The molecule has 0 aliphatic carbocycles. The molecule has 0 nitrogen and oxygen atoms in total. The summed E-state index contributed by atoms with van der Waals surface area (Å²) in [6, 6.07) is 0. The van der Waals surface area contributed by atoms with Crippen molar-refractivity contribution < 1.29 is 77.7 Å². The summed E-state index contributed by atoms with van der Waals surface area (Å²) >= 11 is 0. The van der Waals surface area contributed by atoms with Crippen LogP contribution in [0.25, 0.3) is 0 Å². The van der Waals surface area contributed by atoms with E-state index in [2.05, 4.69) is 0 Å². The summed E-state index contributed by atoms with van der Waals surface area (Å²) in [5.74, 6) is 0. The van der Waals surface area contributed by atoms with Gasteiger partial charge in [0.15, 0.2) is 0 Å². The Morgan fingerprint density at radius 3 is 0.800 bits per heavy atom. The summed E-state index contributed by atoms with van der Waals surface area (Å²) in [7, 11) is 0. The third-order valence-corrected chi connectivity index (χ3v) is 0. The number of hydrogen-bond acceptors (Lipinski definition) is 0. The SMILES string of the molecule is [BeH2].[Cr].[Cu].[Cu].[Zr]. The van der Waals surface area contributed by atoms with Crippen LogP contribution in [0.15, 0.2) is 0 Å². The van der Waals surface area contributed by atoms with Crippen molar-refractivity contribution in [1.82, 2.24) is 0 Å². The first-order chi connectivity index (χ1) is 0. The van der Waals surface area contributed by atoms with Crippen LogP contribution in [0.1, 0.15) is 0 Å². The van der Waals surface area contributed by atoms with Gasteiger partial charge in [0.05, 0.1) is 0 Å². The zero-order valence-corrected chi connectivity index (χ0v) is 7.13. The van der Waals surface area contributed by atoms with Crippen LogP contribution in [-0.2, 0) is 77.7 Å². The molecule has 0 aliphatic heterocycles. The first kappa shape index (κ1) is 48.6. The van der Waals surface area contributed by atoms with E-state index < -0.39 is 0 Å². The van der Waals surface area contributed by atoms with Crippen LogP contribution in [0.4, 0.5) is 0 Å². The fourth-order valence-electron chi connectivity index (χ4n) is 0. The van der Waals surface area contributed by atoms with E-state index >= 15 is 0 Å². The van der Waals surface area contributed by atoms with Gasteiger partial charge in [0.25, 0.3) is 0 Å². The van der Waals surface area contributed by atoms with E-state index in [1.165, 1.54) is 0 Å². The molecule has 0 aromatic carbocycles. The summed E-state index contributed by atoms with van der Waals surface area (Å²) in [6.07, 6.45) is 0. The second kappa shape index (κ2) is 30.4. The van der Waals surface area contributed by atoms with Gasteiger partial charge in [0, 0.05) is 77.7 Å². The van der Waals surface area contributed by atoms with Crippen LogP contribution in [0.3, 0.4) is 0 Å². The topological polar surface area (TPSA) is 0 Å². The monoisotopic (exact) mass is 279 g/mol. The summed E-state index contributed by atoms with van der Waals surface area (Å²) < 4.78 is 0. The third kappa shape index (κ3) is 20.6. The molecule has 0 heterocycles. The van der Waals surface area contributed by atoms with E-state index in [1.54, 1.807) is 0 Å². The van der Waals surface area contributed by atoms with Crippen LogP contribution in [-0.4, -0.2) is 10.1 Å². The predicted molar refractivity (Wildman–Crippen MR) is 8.54 cm³/mol. The molecule has 0 saturated heterocycles. The van der Waals surface area contributed by atoms with Crippen molar-refractivity contribution in [1.29, 1.82) is 0 Å². The molecule has 0 rings (SSSR count). The van der Waals surface area contributed by atoms with Crippen molar-refractivity contribution in [3.05, 3.63) is 0 Å². The van der Waals surface area contributed by atoms with E-state index in [4.69, 9.17) is 0 Å². The molecular weight excluding hydrogens is 279 g/mol. The summed E-state index contributed by atoms with van der Waals surface area (Å²) in [5.41, 5.74) is 0. The maximum Gasteiger partial charge on any atom is 0 e. The van der Waals surface area contributed by atoms with E-state index in [1.807, 2.05) is 0 Å². The van der Waals surface area contributed by atoms with Crippen LogP contribution in [0.5, 0.6) is 0 Å². The van der Waals surface area contributed by atoms with Gasteiger partial charge in [0.2, 0.25) is 0 Å². The minimum Gasteiger partial charge on any atom is 0 e. The number of hydrogen-bond donors (Lipinski definition) is 0. The normalized spacial score (nSPS) is 0. The maximum atomic E-state index is 0. The van der Waals surface area contributed by atoms with Gasteiger partial charge in [0.1, 0.15) is 0 Å². The molecule has 0 fully saturated rings. The third-order valence-electron chi connectivity index (χ3n) is 0. The van der Waals surface area contributed by atoms with Crippen molar-refractivity contribution in [2.45, 2.75) is 0 Å². The van der Waals surface area contributed by atoms with Crippen molar-refractivity contribution in [3.63, 3.8) is 0 Å². The molecule has 0 aliphatic rings. The molecule has 0 aromatic rings. The molecule has 0 aromatic heterocycles. The van der Waals surface area contributed by atoms with Crippen molar-refractivity contribution in [2.75, 3.05) is 0 Å².